The van der Waals surface area contributed by atoms with E-state index in [2.05, 4.69) is 0 Å². The van der Waals surface area contributed by atoms with Gasteiger partial charge < -0.3 is 10.2 Å². The van der Waals surface area contributed by atoms with Crippen LogP contribution in [-0.4, -0.2) is 34.4 Å². The van der Waals surface area contributed by atoms with Gasteiger partial charge >= 0.3 is 0 Å². The third-order valence-corrected chi connectivity index (χ3v) is 0.856. The van der Waals surface area contributed by atoms with Crippen LogP contribution in [0.4, 0.5) is 0 Å². The second kappa shape index (κ2) is 4.22. The predicted octanol–water partition coefficient (Wildman–Crippen LogP) is -0.994. The molecule has 0 aromatic rings. The summed E-state index contributed by atoms with van der Waals surface area (Å²) in [4.78, 5) is 9.10. The summed E-state index contributed by atoms with van der Waals surface area (Å²) in [5, 5.41) is 26.4. The summed E-state index contributed by atoms with van der Waals surface area (Å²) in [6.45, 7) is -0.699. The highest BCUT2D eigenvalue weighted by atomic mass is 16.6. The molecule has 0 fully saturated rings. The standard InChI is InChI=1S/C4H9NO4/c6-3-4(7)1-2-5(8)9/h4,6-7H,1-3H2. The highest BCUT2D eigenvalue weighted by Gasteiger charge is 2.05. The Hall–Kier alpha value is -0.680. The smallest absolute Gasteiger partial charge is 0.206 e. The monoisotopic (exact) mass is 135 g/mol. The quantitative estimate of drug-likeness (QED) is 0.383. The van der Waals surface area contributed by atoms with Crippen molar-refractivity contribution in [1.82, 2.24) is 0 Å². The average Bonchev–Trinajstić information content (AvgIpc) is 1.83. The van der Waals surface area contributed by atoms with E-state index < -0.39 is 17.6 Å². The molecule has 5 nitrogen and oxygen atoms in total. The number of hydrogen-bond donors (Lipinski definition) is 2. The lowest BCUT2D eigenvalue weighted by Gasteiger charge is -2.00. The fraction of sp³-hybridized carbons (Fsp3) is 1.00. The predicted molar refractivity (Wildman–Crippen MR) is 29.6 cm³/mol. The topological polar surface area (TPSA) is 83.6 Å². The molecule has 0 saturated heterocycles. The lowest BCUT2D eigenvalue weighted by Crippen LogP contribution is -2.16. The van der Waals surface area contributed by atoms with Gasteiger partial charge in [-0.15, -0.1) is 0 Å². The Balaban J connectivity index is 3.16. The SMILES string of the molecule is O=[N+]([O-])CCC(O)CO. The maximum absolute atomic E-state index is 9.63. The highest BCUT2D eigenvalue weighted by molar-refractivity contribution is 4.49. The van der Waals surface area contributed by atoms with E-state index >= 15 is 0 Å². The van der Waals surface area contributed by atoms with Crippen molar-refractivity contribution in [2.45, 2.75) is 12.5 Å². The van der Waals surface area contributed by atoms with Crippen molar-refractivity contribution in [2.24, 2.45) is 0 Å². The van der Waals surface area contributed by atoms with Crippen molar-refractivity contribution in [3.8, 4) is 0 Å². The van der Waals surface area contributed by atoms with Gasteiger partial charge in [-0.1, -0.05) is 0 Å². The molecule has 0 saturated carbocycles. The molecule has 0 heterocycles. The van der Waals surface area contributed by atoms with Gasteiger partial charge in [0.25, 0.3) is 0 Å². The molecule has 9 heavy (non-hydrogen) atoms. The van der Waals surface area contributed by atoms with Crippen LogP contribution in [0, 0.1) is 10.1 Å². The van der Waals surface area contributed by atoms with Gasteiger partial charge in [-0.2, -0.15) is 0 Å². The molecule has 1 unspecified atom stereocenters. The summed E-state index contributed by atoms with van der Waals surface area (Å²) in [6.07, 6.45) is -0.931. The summed E-state index contributed by atoms with van der Waals surface area (Å²) in [6, 6.07) is 0. The average molecular weight is 135 g/mol. The first-order valence-electron chi connectivity index (χ1n) is 2.57. The molecular weight excluding hydrogens is 126 g/mol. The maximum Gasteiger partial charge on any atom is 0.206 e. The molecule has 2 N–H and O–H groups in total. The van der Waals surface area contributed by atoms with Crippen molar-refractivity contribution >= 4 is 0 Å². The summed E-state index contributed by atoms with van der Waals surface area (Å²) in [7, 11) is 0. The van der Waals surface area contributed by atoms with E-state index in [1.165, 1.54) is 0 Å². The van der Waals surface area contributed by atoms with Crippen molar-refractivity contribution in [3.63, 3.8) is 0 Å². The van der Waals surface area contributed by atoms with Crippen LogP contribution >= 0.6 is 0 Å². The van der Waals surface area contributed by atoms with Crippen LogP contribution in [0.25, 0.3) is 0 Å². The van der Waals surface area contributed by atoms with Crippen molar-refractivity contribution < 1.29 is 15.1 Å². The first kappa shape index (κ1) is 8.32. The zero-order chi connectivity index (χ0) is 7.28. The first-order chi connectivity index (χ1) is 4.16. The number of nitrogens with zero attached hydrogens (tertiary/aromatic N) is 1. The van der Waals surface area contributed by atoms with E-state index in [4.69, 9.17) is 10.2 Å². The Kier molecular flexibility index (Phi) is 3.90. The van der Waals surface area contributed by atoms with E-state index in [0.717, 1.165) is 0 Å². The van der Waals surface area contributed by atoms with E-state index in [1.807, 2.05) is 0 Å². The van der Waals surface area contributed by atoms with Crippen LogP contribution in [0.3, 0.4) is 0 Å². The van der Waals surface area contributed by atoms with Gasteiger partial charge in [0.2, 0.25) is 6.54 Å². The van der Waals surface area contributed by atoms with Crippen molar-refractivity contribution in [3.05, 3.63) is 10.1 Å². The molecule has 1 atom stereocenters. The first-order valence-corrected chi connectivity index (χ1v) is 2.57. The lowest BCUT2D eigenvalue weighted by molar-refractivity contribution is -0.482. The molecule has 0 aliphatic heterocycles. The van der Waals surface area contributed by atoms with Crippen molar-refractivity contribution in [1.29, 1.82) is 0 Å². The molecule has 0 spiro atoms. The summed E-state index contributed by atoms with van der Waals surface area (Å²) in [5.41, 5.74) is 0. The van der Waals surface area contributed by atoms with E-state index in [-0.39, 0.29) is 13.0 Å². The Morgan fingerprint density at radius 1 is 1.67 bits per heavy atom. The molecular formula is C4H9NO4. The fourth-order valence-electron chi connectivity index (χ4n) is 0.346. The molecule has 5 heteroatoms. The fourth-order valence-corrected chi connectivity index (χ4v) is 0.346. The van der Waals surface area contributed by atoms with Crippen LogP contribution in [-0.2, 0) is 0 Å². The van der Waals surface area contributed by atoms with Gasteiger partial charge in [-0.05, 0) is 0 Å². The number of aliphatic hydroxyl groups is 2. The zero-order valence-corrected chi connectivity index (χ0v) is 4.86. The van der Waals surface area contributed by atoms with Crippen LogP contribution < -0.4 is 0 Å². The maximum atomic E-state index is 9.63. The summed E-state index contributed by atoms with van der Waals surface area (Å²) < 4.78 is 0. The highest BCUT2D eigenvalue weighted by Crippen LogP contribution is 1.88. The minimum Gasteiger partial charge on any atom is -0.394 e. The molecule has 0 aromatic carbocycles. The molecule has 0 radical (unpaired) electrons. The normalized spacial score (nSPS) is 13.1. The third-order valence-electron chi connectivity index (χ3n) is 0.856. The van der Waals surface area contributed by atoms with E-state index in [0.29, 0.717) is 0 Å². The van der Waals surface area contributed by atoms with E-state index in [1.54, 1.807) is 0 Å². The van der Waals surface area contributed by atoms with Gasteiger partial charge in [0.1, 0.15) is 0 Å². The second-order valence-electron chi connectivity index (χ2n) is 1.68. The minimum absolute atomic E-state index is 0.0174. The van der Waals surface area contributed by atoms with Gasteiger partial charge in [0, 0.05) is 11.3 Å². The zero-order valence-electron chi connectivity index (χ0n) is 4.86. The molecule has 0 bridgehead atoms. The largest absolute Gasteiger partial charge is 0.394 e. The third kappa shape index (κ3) is 5.19. The Bertz CT molecular complexity index is 94.6. The van der Waals surface area contributed by atoms with Gasteiger partial charge in [0.05, 0.1) is 12.7 Å². The number of aliphatic hydroxyl groups excluding tert-OH is 2. The van der Waals surface area contributed by atoms with Gasteiger partial charge in [-0.3, -0.25) is 10.1 Å². The molecule has 0 rings (SSSR count). The second-order valence-corrected chi connectivity index (χ2v) is 1.68. The summed E-state index contributed by atoms with van der Waals surface area (Å²) in [5.74, 6) is 0. The van der Waals surface area contributed by atoms with Gasteiger partial charge in [-0.25, -0.2) is 0 Å². The van der Waals surface area contributed by atoms with Crippen LogP contribution in [0.15, 0.2) is 0 Å². The van der Waals surface area contributed by atoms with Crippen LogP contribution in [0.1, 0.15) is 6.42 Å². The Morgan fingerprint density at radius 3 is 2.56 bits per heavy atom. The van der Waals surface area contributed by atoms with E-state index in [9.17, 15) is 10.1 Å². The van der Waals surface area contributed by atoms with Crippen LogP contribution in [0.5, 0.6) is 0 Å². The number of nitro groups is 1. The lowest BCUT2D eigenvalue weighted by atomic mass is 10.3. The Labute approximate surface area is 52.1 Å². The molecule has 0 aromatic heterocycles. The summed E-state index contributed by atoms with van der Waals surface area (Å²) >= 11 is 0. The molecule has 54 valence electrons. The van der Waals surface area contributed by atoms with Gasteiger partial charge in [0.15, 0.2) is 0 Å². The van der Waals surface area contributed by atoms with Crippen LogP contribution in [0.2, 0.25) is 0 Å². The minimum atomic E-state index is -0.949. The number of rotatable bonds is 4. The van der Waals surface area contributed by atoms with Crippen molar-refractivity contribution in [2.75, 3.05) is 13.2 Å². The number of hydrogen-bond acceptors (Lipinski definition) is 4. The molecule has 0 aliphatic rings. The molecule has 0 amide bonds. The Morgan fingerprint density at radius 2 is 2.22 bits per heavy atom. The molecule has 0 aliphatic carbocycles.